The number of nitrogens with two attached hydrogens (primary N) is 8. The second kappa shape index (κ2) is 21.8. The summed E-state index contributed by atoms with van der Waals surface area (Å²) in [4.78, 5) is 75.5. The Labute approximate surface area is 268 Å². The van der Waals surface area contributed by atoms with E-state index < -0.39 is 65.7 Å². The van der Waals surface area contributed by atoms with Gasteiger partial charge >= 0.3 is 0 Å². The summed E-state index contributed by atoms with van der Waals surface area (Å²) in [5.74, 6) is -4.10. The Bertz CT molecular complexity index is 1100. The van der Waals surface area contributed by atoms with Gasteiger partial charge < -0.3 is 67.1 Å². The first kappa shape index (κ1) is 41.1. The summed E-state index contributed by atoms with van der Waals surface area (Å²) in [7, 11) is 0. The minimum Gasteiger partial charge on any atom is -0.370 e. The summed E-state index contributed by atoms with van der Waals surface area (Å²) in [5, 5.41) is 10.3. The van der Waals surface area contributed by atoms with Crippen molar-refractivity contribution in [3.63, 3.8) is 0 Å². The van der Waals surface area contributed by atoms with E-state index in [1.54, 1.807) is 13.8 Å². The van der Waals surface area contributed by atoms with Gasteiger partial charge in [0.15, 0.2) is 17.9 Å². The number of guanidine groups is 3. The molecule has 0 saturated heterocycles. The molecule has 20 nitrogen and oxygen atoms in total. The van der Waals surface area contributed by atoms with Gasteiger partial charge in [0.25, 0.3) is 0 Å². The molecule has 5 atom stereocenters. The molecule has 0 fully saturated rings. The Morgan fingerprint density at radius 2 is 0.978 bits per heavy atom. The van der Waals surface area contributed by atoms with Crippen molar-refractivity contribution in [1.29, 1.82) is 0 Å². The average Bonchev–Trinajstić information content (AvgIpc) is 2.95. The number of primary amides is 1. The standard InChI is InChI=1S/C26H53N15O5/c1-13(2)18(23(46)39-16(19(28)42)8-5-11-36-25(31)32)41-20(43)14(3)38-22(45)17(9-6-12-37-26(33)34)40-21(44)15(27)7-4-10-35-24(29)30/h13-18H,4-12,27H2,1-3H3,(H2,28,42)(H,38,45)(H,39,46)(H,40,44)(H,41,43)(H4,29,30,35)(H4,31,32,36)(H4,33,34,37)/t14-,15+,16+,17+,18-/m1/s1. The molecule has 0 aliphatic carbocycles. The molecule has 0 unspecified atom stereocenters. The van der Waals surface area contributed by atoms with Crippen LogP contribution < -0.4 is 67.1 Å². The maximum atomic E-state index is 13.2. The van der Waals surface area contributed by atoms with Crippen molar-refractivity contribution in [2.45, 2.75) is 89.5 Å². The van der Waals surface area contributed by atoms with Gasteiger partial charge in [-0.1, -0.05) is 13.8 Å². The lowest BCUT2D eigenvalue weighted by Crippen LogP contribution is -2.59. The van der Waals surface area contributed by atoms with Crippen molar-refractivity contribution in [3.05, 3.63) is 0 Å². The van der Waals surface area contributed by atoms with Crippen LogP contribution in [-0.4, -0.2) is 97.3 Å². The van der Waals surface area contributed by atoms with E-state index in [1.807, 2.05) is 0 Å². The van der Waals surface area contributed by atoms with E-state index in [0.29, 0.717) is 19.3 Å². The van der Waals surface area contributed by atoms with Crippen LogP contribution in [0.4, 0.5) is 0 Å². The largest absolute Gasteiger partial charge is 0.370 e. The van der Waals surface area contributed by atoms with Crippen LogP contribution in [0.2, 0.25) is 0 Å². The first-order chi connectivity index (χ1) is 21.5. The normalized spacial score (nSPS) is 13.9. The number of hydrogen-bond acceptors (Lipinski definition) is 9. The molecule has 0 rings (SSSR count). The monoisotopic (exact) mass is 655 g/mol. The summed E-state index contributed by atoms with van der Waals surface area (Å²) in [6.45, 7) is 5.48. The van der Waals surface area contributed by atoms with Crippen LogP contribution in [0.25, 0.3) is 0 Å². The molecular formula is C26H53N15O5. The van der Waals surface area contributed by atoms with Gasteiger partial charge in [-0.25, -0.2) is 0 Å². The van der Waals surface area contributed by atoms with Gasteiger partial charge in [0.2, 0.25) is 29.5 Å². The molecule has 262 valence electrons. The van der Waals surface area contributed by atoms with Gasteiger partial charge in [-0.3, -0.25) is 38.9 Å². The van der Waals surface area contributed by atoms with Gasteiger partial charge in [-0.05, 0) is 51.4 Å². The lowest BCUT2D eigenvalue weighted by Gasteiger charge is -2.27. The molecule has 0 spiro atoms. The molecule has 0 bridgehead atoms. The molecule has 0 saturated carbocycles. The predicted octanol–water partition coefficient (Wildman–Crippen LogP) is -5.43. The molecule has 0 aromatic heterocycles. The first-order valence-corrected chi connectivity index (χ1v) is 14.9. The van der Waals surface area contributed by atoms with E-state index in [-0.39, 0.29) is 56.8 Å². The summed E-state index contributed by atoms with van der Waals surface area (Å²) in [5.41, 5.74) is 43.3. The van der Waals surface area contributed by atoms with Gasteiger partial charge in [-0.2, -0.15) is 0 Å². The van der Waals surface area contributed by atoms with Crippen LogP contribution in [0.3, 0.4) is 0 Å². The third-order valence-electron chi connectivity index (χ3n) is 6.49. The predicted molar refractivity (Wildman–Crippen MR) is 175 cm³/mol. The zero-order chi connectivity index (χ0) is 35.4. The third-order valence-corrected chi connectivity index (χ3v) is 6.49. The number of carbonyl (C=O) groups is 5. The number of carbonyl (C=O) groups excluding carboxylic acids is 5. The van der Waals surface area contributed by atoms with Crippen molar-refractivity contribution in [3.8, 4) is 0 Å². The third kappa shape index (κ3) is 18.0. The van der Waals surface area contributed by atoms with E-state index in [4.69, 9.17) is 45.9 Å². The summed E-state index contributed by atoms with van der Waals surface area (Å²) in [6, 6.07) is -5.26. The minimum absolute atomic E-state index is 0.0834. The van der Waals surface area contributed by atoms with Crippen molar-refractivity contribution in [2.75, 3.05) is 19.6 Å². The Kier molecular flexibility index (Phi) is 19.5. The fourth-order valence-electron chi connectivity index (χ4n) is 3.94. The second-order valence-corrected chi connectivity index (χ2v) is 10.9. The van der Waals surface area contributed by atoms with Crippen molar-refractivity contribution >= 4 is 47.4 Å². The molecule has 0 heterocycles. The van der Waals surface area contributed by atoms with Crippen LogP contribution in [0.5, 0.6) is 0 Å². The number of hydrogen-bond donors (Lipinski definition) is 12. The molecule has 5 amide bonds. The fraction of sp³-hybridized carbons (Fsp3) is 0.692. The lowest BCUT2D eigenvalue weighted by molar-refractivity contribution is -0.135. The molecule has 20 heteroatoms. The van der Waals surface area contributed by atoms with E-state index in [2.05, 4.69) is 36.2 Å². The molecule has 0 aromatic carbocycles. The van der Waals surface area contributed by atoms with Crippen molar-refractivity contribution in [1.82, 2.24) is 21.3 Å². The SMILES string of the molecule is CC(C)[C@@H](NC(=O)[C@@H](C)NC(=O)[C@H](CCCN=C(N)N)NC(=O)[C@@H](N)CCCN=C(N)N)C(=O)N[C@@H](CCCN=C(N)N)C(N)=O. The zero-order valence-electron chi connectivity index (χ0n) is 26.8. The molecular weight excluding hydrogens is 602 g/mol. The van der Waals surface area contributed by atoms with Crippen LogP contribution in [0, 0.1) is 5.92 Å². The molecule has 20 N–H and O–H groups in total. The number of aliphatic imine (C=N–C) groups is 3. The first-order valence-electron chi connectivity index (χ1n) is 14.9. The second-order valence-electron chi connectivity index (χ2n) is 10.9. The van der Waals surface area contributed by atoms with E-state index in [0.717, 1.165) is 0 Å². The maximum absolute atomic E-state index is 13.2. The smallest absolute Gasteiger partial charge is 0.243 e. The number of rotatable bonds is 22. The number of amides is 5. The molecule has 46 heavy (non-hydrogen) atoms. The molecule has 0 aromatic rings. The van der Waals surface area contributed by atoms with E-state index >= 15 is 0 Å². The van der Waals surface area contributed by atoms with Crippen molar-refractivity contribution in [2.24, 2.45) is 66.8 Å². The molecule has 0 aliphatic rings. The van der Waals surface area contributed by atoms with Crippen LogP contribution in [0.1, 0.15) is 59.3 Å². The Balaban J connectivity index is 5.46. The number of nitrogens with one attached hydrogen (secondary N) is 4. The zero-order valence-corrected chi connectivity index (χ0v) is 26.8. The Morgan fingerprint density at radius 1 is 0.543 bits per heavy atom. The van der Waals surface area contributed by atoms with Crippen LogP contribution in [0.15, 0.2) is 15.0 Å². The van der Waals surface area contributed by atoms with Crippen LogP contribution >= 0.6 is 0 Å². The molecule has 0 aliphatic heterocycles. The maximum Gasteiger partial charge on any atom is 0.243 e. The highest BCUT2D eigenvalue weighted by atomic mass is 16.2. The quantitative estimate of drug-likeness (QED) is 0.0295. The molecule has 0 radical (unpaired) electrons. The Hall–Kier alpha value is -4.88. The number of nitrogens with zero attached hydrogens (tertiary/aromatic N) is 3. The van der Waals surface area contributed by atoms with Gasteiger partial charge in [0, 0.05) is 19.6 Å². The van der Waals surface area contributed by atoms with Gasteiger partial charge in [0.05, 0.1) is 6.04 Å². The summed E-state index contributed by atoms with van der Waals surface area (Å²) in [6.07, 6.45) is 1.64. The van der Waals surface area contributed by atoms with Gasteiger partial charge in [0.1, 0.15) is 24.2 Å². The van der Waals surface area contributed by atoms with E-state index in [9.17, 15) is 24.0 Å². The average molecular weight is 656 g/mol. The van der Waals surface area contributed by atoms with E-state index in [1.165, 1.54) is 6.92 Å². The highest BCUT2D eigenvalue weighted by Gasteiger charge is 2.31. The summed E-state index contributed by atoms with van der Waals surface area (Å²) < 4.78 is 0. The van der Waals surface area contributed by atoms with Crippen LogP contribution in [-0.2, 0) is 24.0 Å². The summed E-state index contributed by atoms with van der Waals surface area (Å²) >= 11 is 0. The highest BCUT2D eigenvalue weighted by Crippen LogP contribution is 2.07. The Morgan fingerprint density at radius 3 is 1.41 bits per heavy atom. The van der Waals surface area contributed by atoms with Gasteiger partial charge in [-0.15, -0.1) is 0 Å². The highest BCUT2D eigenvalue weighted by molar-refractivity contribution is 5.95. The lowest BCUT2D eigenvalue weighted by atomic mass is 10.0. The van der Waals surface area contributed by atoms with Crippen molar-refractivity contribution < 1.29 is 24.0 Å². The topological polar surface area (TPSA) is 379 Å². The fourth-order valence-corrected chi connectivity index (χ4v) is 3.94. The minimum atomic E-state index is -1.13.